The molecular weight excluding hydrogens is 1720 g/mol. The molecule has 2 unspecified atom stereocenters. The molecular formula is C111H194O24. The van der Waals surface area contributed by atoms with Gasteiger partial charge in [-0.25, -0.2) is 57.5 Å². The summed E-state index contributed by atoms with van der Waals surface area (Å²) in [5, 5.41) is 0. The van der Waals surface area contributed by atoms with E-state index in [1.807, 2.05) is 48.5 Å². The molecule has 0 aromatic heterocycles. The molecule has 2 saturated carbocycles. The first kappa shape index (κ1) is 146. The van der Waals surface area contributed by atoms with Crippen LogP contribution >= 0.6 is 0 Å². The van der Waals surface area contributed by atoms with Crippen LogP contribution in [-0.4, -0.2) is 147 Å². The number of ether oxygens (including phenoxy) is 12. The van der Waals surface area contributed by atoms with Crippen LogP contribution in [0.15, 0.2) is 147 Å². The third-order valence-corrected chi connectivity index (χ3v) is 17.9. The van der Waals surface area contributed by atoms with E-state index >= 15 is 0 Å². The normalized spacial score (nSPS) is 11.7. The van der Waals surface area contributed by atoms with Gasteiger partial charge in [0.1, 0.15) is 23.4 Å². The molecule has 2 atom stereocenters. The van der Waals surface area contributed by atoms with E-state index in [1.54, 1.807) is 83.1 Å². The fraction of sp³-hybridized carbons (Fsp3) is 0.676. The van der Waals surface area contributed by atoms with Crippen LogP contribution in [0.5, 0.6) is 0 Å². The molecule has 24 heteroatoms. The largest absolute Gasteiger partial charge is 0.463 e. The number of esters is 12. The maximum Gasteiger partial charge on any atom is 0.333 e. The third-order valence-electron chi connectivity index (χ3n) is 17.9. The number of carbonyl (C=O) groups excluding carboxylic acids is 12. The molecule has 0 radical (unpaired) electrons. The number of rotatable bonds is 50. The van der Waals surface area contributed by atoms with Gasteiger partial charge in [-0.2, -0.15) is 0 Å². The van der Waals surface area contributed by atoms with Gasteiger partial charge in [0.2, 0.25) is 0 Å². The Balaban J connectivity index is -0.000000158. The van der Waals surface area contributed by atoms with E-state index < -0.39 is 11.2 Å². The van der Waals surface area contributed by atoms with Crippen molar-refractivity contribution in [3.8, 4) is 0 Å². The van der Waals surface area contributed by atoms with Crippen LogP contribution in [0.25, 0.3) is 0 Å². The minimum atomic E-state index is -0.407. The summed E-state index contributed by atoms with van der Waals surface area (Å²) >= 11 is 0. The molecule has 2 aliphatic carbocycles. The molecule has 0 amide bonds. The third kappa shape index (κ3) is 121. The first-order chi connectivity index (χ1) is 63.1. The van der Waals surface area contributed by atoms with E-state index in [9.17, 15) is 57.5 Å². The summed E-state index contributed by atoms with van der Waals surface area (Å²) < 4.78 is 59.0. The van der Waals surface area contributed by atoms with Gasteiger partial charge >= 0.3 is 71.6 Å². The lowest BCUT2D eigenvalue weighted by Crippen LogP contribution is -2.23. The molecule has 0 aliphatic heterocycles. The van der Waals surface area contributed by atoms with Gasteiger partial charge in [-0.05, 0) is 226 Å². The Kier molecular flexibility index (Phi) is 109. The summed E-state index contributed by atoms with van der Waals surface area (Å²) in [6.45, 7) is 93.3. The van der Waals surface area contributed by atoms with Gasteiger partial charge in [0, 0.05) is 68.4 Å². The van der Waals surface area contributed by atoms with Gasteiger partial charge < -0.3 is 56.8 Å². The summed E-state index contributed by atoms with van der Waals surface area (Å²) in [6, 6.07) is 0. The molecule has 0 saturated heterocycles. The van der Waals surface area contributed by atoms with Gasteiger partial charge in [-0.3, -0.25) is 0 Å². The first-order valence-electron chi connectivity index (χ1n) is 49.2. The zero-order chi connectivity index (χ0) is 106. The van der Waals surface area contributed by atoms with E-state index in [4.69, 9.17) is 47.4 Å². The van der Waals surface area contributed by atoms with E-state index in [1.165, 1.54) is 140 Å². The second-order valence-electron chi connectivity index (χ2n) is 35.4. The average molecular weight is 1910 g/mol. The molecule has 135 heavy (non-hydrogen) atoms. The fourth-order valence-corrected chi connectivity index (χ4v) is 9.81. The van der Waals surface area contributed by atoms with Crippen molar-refractivity contribution in [3.63, 3.8) is 0 Å². The van der Waals surface area contributed by atoms with Crippen molar-refractivity contribution in [2.24, 2.45) is 11.8 Å². The highest BCUT2D eigenvalue weighted by Crippen LogP contribution is 2.23. The van der Waals surface area contributed by atoms with Crippen LogP contribution in [-0.2, 0) is 114 Å². The number of unbranched alkanes of at least 4 members (excludes halogenated alkanes) is 16. The number of hydrogen-bond acceptors (Lipinski definition) is 24. The molecule has 0 spiro atoms. The Bertz CT molecular complexity index is 3280. The Morgan fingerprint density at radius 3 is 0.778 bits per heavy atom. The van der Waals surface area contributed by atoms with Gasteiger partial charge in [0.25, 0.3) is 0 Å². The van der Waals surface area contributed by atoms with Crippen LogP contribution < -0.4 is 0 Å². The monoisotopic (exact) mass is 1910 g/mol. The van der Waals surface area contributed by atoms with E-state index in [0.717, 1.165) is 103 Å². The SMILES string of the molecule is C=C(C)C(=O)OC(C)(C)C.C=C(C)C(=O)OC(C)(C)C.C=C(C)C(=O)OC(C)C.C=C(C)C(=O)OC1CCCC1.C=C(C)C(=O)OC1CCCCC1.C=C(C)C(=O)OCC.C=C(C)C(=O)OCC(CC)CCCC.C=C(C)C(=O)OCCCC.C=C(C)C(=O)OCCCCCCCCC.C=CC(=O)OCC(CC)CCCC.C=CC(=O)OCCCC.C=CC(=O)OCCCCCCCCC. The Morgan fingerprint density at radius 1 is 0.289 bits per heavy atom. The Morgan fingerprint density at radius 2 is 0.533 bits per heavy atom. The lowest BCUT2D eigenvalue weighted by Gasteiger charge is -2.21. The molecule has 2 rings (SSSR count). The summed E-state index contributed by atoms with van der Waals surface area (Å²) in [4.78, 5) is 129. The molecule has 0 aromatic carbocycles. The van der Waals surface area contributed by atoms with Crippen molar-refractivity contribution in [1.82, 2.24) is 0 Å². The van der Waals surface area contributed by atoms with Crippen molar-refractivity contribution in [1.29, 1.82) is 0 Å². The minimum Gasteiger partial charge on any atom is -0.463 e. The van der Waals surface area contributed by atoms with Crippen molar-refractivity contribution in [2.45, 2.75) is 434 Å². The van der Waals surface area contributed by atoms with Crippen LogP contribution in [0, 0.1) is 11.8 Å². The predicted molar refractivity (Wildman–Crippen MR) is 553 cm³/mol. The number of carbonyl (C=O) groups is 12. The zero-order valence-corrected chi connectivity index (χ0v) is 90.1. The minimum absolute atomic E-state index is 0.0470. The highest BCUT2D eigenvalue weighted by atomic mass is 16.6. The van der Waals surface area contributed by atoms with Gasteiger partial charge in [-0.1, -0.05) is 269 Å². The molecule has 0 heterocycles. The van der Waals surface area contributed by atoms with Crippen molar-refractivity contribution >= 4 is 71.6 Å². The molecule has 0 N–H and O–H groups in total. The Labute approximate surface area is 821 Å². The van der Waals surface area contributed by atoms with Crippen LogP contribution in [0.2, 0.25) is 0 Å². The lowest BCUT2D eigenvalue weighted by molar-refractivity contribution is -0.150. The van der Waals surface area contributed by atoms with E-state index in [-0.39, 0.29) is 89.9 Å². The second kappa shape index (κ2) is 100. The maximum absolute atomic E-state index is 11.1. The van der Waals surface area contributed by atoms with Gasteiger partial charge in [-0.15, -0.1) is 0 Å². The van der Waals surface area contributed by atoms with Crippen molar-refractivity contribution in [3.05, 3.63) is 147 Å². The van der Waals surface area contributed by atoms with E-state index in [2.05, 4.69) is 137 Å². The zero-order valence-electron chi connectivity index (χ0n) is 90.1. The predicted octanol–water partition coefficient (Wildman–Crippen LogP) is 27.9. The summed E-state index contributed by atoms with van der Waals surface area (Å²) in [5.74, 6) is -2.48. The Hall–Kier alpha value is -9.48. The molecule has 782 valence electrons. The summed E-state index contributed by atoms with van der Waals surface area (Å²) in [5.41, 5.74) is 3.40. The highest BCUT2D eigenvalue weighted by molar-refractivity contribution is 5.90. The molecule has 2 aliphatic rings. The van der Waals surface area contributed by atoms with Crippen LogP contribution in [0.4, 0.5) is 0 Å². The quantitative estimate of drug-likeness (QED) is 0.0236. The summed E-state index contributed by atoms with van der Waals surface area (Å²) in [7, 11) is 0. The second-order valence-corrected chi connectivity index (χ2v) is 35.4. The molecule has 0 aromatic rings. The first-order valence-corrected chi connectivity index (χ1v) is 49.2. The smallest absolute Gasteiger partial charge is 0.333 e. The van der Waals surface area contributed by atoms with Crippen molar-refractivity contribution < 1.29 is 114 Å². The molecule has 0 bridgehead atoms. The highest BCUT2D eigenvalue weighted by Gasteiger charge is 2.22. The average Bonchev–Trinajstić information content (AvgIpc) is 1.05. The number of hydrogen-bond donors (Lipinski definition) is 0. The van der Waals surface area contributed by atoms with Crippen LogP contribution in [0.3, 0.4) is 0 Å². The fourth-order valence-electron chi connectivity index (χ4n) is 9.81. The van der Waals surface area contributed by atoms with Gasteiger partial charge in [0.15, 0.2) is 0 Å². The van der Waals surface area contributed by atoms with Crippen molar-refractivity contribution in [2.75, 3.05) is 46.2 Å². The summed E-state index contributed by atoms with van der Waals surface area (Å²) in [6.07, 6.45) is 44.6. The van der Waals surface area contributed by atoms with Crippen LogP contribution in [0.1, 0.15) is 405 Å². The molecule has 24 nitrogen and oxygen atoms in total. The van der Waals surface area contributed by atoms with E-state index in [0.29, 0.717) is 108 Å². The topological polar surface area (TPSA) is 316 Å². The standard InChI is InChI=1S/C13H24O2.2C12H22O2.C11H20O2.C10H16O2.C9H14O2.3C8H14O2.2C7H12O2.C6H10O2/c1-4-5-6-7-8-9-10-11-15-13(14)12(2)3;1-5-7-8-11(6-2)9-14-12(13)10(3)4;1-3-5-6-7-8-9-10-11-14-12(13)4-2;1-4-7-8-10(5-2)9-13-11(12)6-3;1-8(2)10(11)12-9-6-4-3-5-7-9;1-7(2)9(10)11-8-5-3-4-6-8;2*1-6(2)7(9)10-8(3,4)5;1-4-5-6-10-8(9)7(2)3;1-5(2)7(8)9-6(3)4;1-3-5-6-9-7(8)4-2;1-4-8-6(7)5(2)3/h2,4-11H2,1,3H3;11H,3,5-9H2,1-2,4H3;4H,2-3,5-11H2,1H3;6,10H,3-5,7-9H2,1-2H3;9H,1,3-7H2,2H3;8H,1,3-6H2,2H3;2*1H2,2-5H3;2,4-6H2,1,3H3;6H,1H2,2-4H3;4H,2-3,5-6H2,1H3;2,4H2,1,3H3. The lowest BCUT2D eigenvalue weighted by atomic mass is 9.98. The van der Waals surface area contributed by atoms with Gasteiger partial charge in [0.05, 0.1) is 52.4 Å². The molecule has 2 fully saturated rings. The maximum atomic E-state index is 11.1.